The zero-order valence-corrected chi connectivity index (χ0v) is 10.4. The summed E-state index contributed by atoms with van der Waals surface area (Å²) in [5, 5.41) is 12.1. The van der Waals surface area contributed by atoms with Crippen LogP contribution in [0.2, 0.25) is 0 Å². The molecule has 0 N–H and O–H groups in total. The van der Waals surface area contributed by atoms with Crippen LogP contribution < -0.4 is 0 Å². The molecule has 0 bridgehead atoms. The molecular weight excluding hydrogens is 260 g/mol. The van der Waals surface area contributed by atoms with Gasteiger partial charge in [0, 0.05) is 6.92 Å². The Morgan fingerprint density at radius 1 is 1.27 bits per heavy atom. The lowest BCUT2D eigenvalue weighted by atomic mass is 10.4. The Morgan fingerprint density at radius 2 is 2.00 bits per heavy atom. The van der Waals surface area contributed by atoms with Gasteiger partial charge in [-0.25, -0.2) is 0 Å². The van der Waals surface area contributed by atoms with Crippen molar-refractivity contribution < 1.29 is 4.42 Å². The summed E-state index contributed by atoms with van der Waals surface area (Å²) < 4.78 is 8.16. The first-order chi connectivity index (χ1) is 7.08. The molecule has 0 unspecified atom stereocenters. The summed E-state index contributed by atoms with van der Waals surface area (Å²) in [5.74, 6) is 1.15. The SMILES string of the molecule is Cc1nnc(Cn2nc(C)c(Br)c2C)o1. The lowest BCUT2D eigenvalue weighted by Crippen LogP contribution is -2.04. The van der Waals surface area contributed by atoms with Crippen molar-refractivity contribution in [3.05, 3.63) is 27.6 Å². The molecule has 0 radical (unpaired) electrons. The van der Waals surface area contributed by atoms with Gasteiger partial charge >= 0.3 is 0 Å². The molecule has 0 aliphatic carbocycles. The fraction of sp³-hybridized carbons (Fsp3) is 0.444. The van der Waals surface area contributed by atoms with Gasteiger partial charge in [-0.2, -0.15) is 5.10 Å². The van der Waals surface area contributed by atoms with Crippen molar-refractivity contribution in [2.24, 2.45) is 0 Å². The first-order valence-corrected chi connectivity index (χ1v) is 5.35. The van der Waals surface area contributed by atoms with Gasteiger partial charge in [-0.3, -0.25) is 4.68 Å². The van der Waals surface area contributed by atoms with E-state index in [2.05, 4.69) is 31.2 Å². The van der Waals surface area contributed by atoms with Crippen LogP contribution >= 0.6 is 15.9 Å². The molecule has 80 valence electrons. The Kier molecular flexibility index (Phi) is 2.60. The lowest BCUT2D eigenvalue weighted by Gasteiger charge is -1.99. The monoisotopic (exact) mass is 270 g/mol. The van der Waals surface area contributed by atoms with Gasteiger partial charge in [-0.1, -0.05) is 0 Å². The molecule has 15 heavy (non-hydrogen) atoms. The summed E-state index contributed by atoms with van der Waals surface area (Å²) in [6.07, 6.45) is 0. The minimum Gasteiger partial charge on any atom is -0.424 e. The molecule has 0 spiro atoms. The Bertz CT molecular complexity index is 488. The number of aryl methyl sites for hydroxylation is 2. The highest BCUT2D eigenvalue weighted by molar-refractivity contribution is 9.10. The second-order valence-corrected chi connectivity index (χ2v) is 4.15. The van der Waals surface area contributed by atoms with E-state index in [4.69, 9.17) is 4.42 Å². The first kappa shape index (κ1) is 10.4. The van der Waals surface area contributed by atoms with Crippen molar-refractivity contribution in [3.8, 4) is 0 Å². The number of halogens is 1. The largest absolute Gasteiger partial charge is 0.424 e. The third-order valence-corrected chi connectivity index (χ3v) is 3.29. The average Bonchev–Trinajstić information content (AvgIpc) is 2.68. The van der Waals surface area contributed by atoms with Crippen molar-refractivity contribution in [1.82, 2.24) is 20.0 Å². The fourth-order valence-electron chi connectivity index (χ4n) is 1.36. The molecule has 0 aromatic carbocycles. The van der Waals surface area contributed by atoms with Crippen LogP contribution in [0.15, 0.2) is 8.89 Å². The van der Waals surface area contributed by atoms with E-state index in [1.165, 1.54) is 0 Å². The minimum absolute atomic E-state index is 0.513. The van der Waals surface area contributed by atoms with Gasteiger partial charge in [-0.05, 0) is 29.8 Å². The molecule has 2 rings (SSSR count). The van der Waals surface area contributed by atoms with Crippen LogP contribution in [0.25, 0.3) is 0 Å². The lowest BCUT2D eigenvalue weighted by molar-refractivity contribution is 0.441. The van der Waals surface area contributed by atoms with Crippen molar-refractivity contribution in [1.29, 1.82) is 0 Å². The molecule has 6 heteroatoms. The van der Waals surface area contributed by atoms with Crippen LogP contribution in [0.3, 0.4) is 0 Å². The molecule has 0 atom stereocenters. The fourth-order valence-corrected chi connectivity index (χ4v) is 1.64. The maximum atomic E-state index is 5.29. The van der Waals surface area contributed by atoms with Crippen LogP contribution in [0, 0.1) is 20.8 Å². The minimum atomic E-state index is 0.513. The molecule has 0 saturated heterocycles. The number of hydrogen-bond donors (Lipinski definition) is 0. The van der Waals surface area contributed by atoms with E-state index in [1.807, 2.05) is 18.5 Å². The summed E-state index contributed by atoms with van der Waals surface area (Å²) in [6, 6.07) is 0. The quantitative estimate of drug-likeness (QED) is 0.838. The van der Waals surface area contributed by atoms with Crippen LogP contribution in [0.4, 0.5) is 0 Å². The van der Waals surface area contributed by atoms with Crippen LogP contribution in [-0.4, -0.2) is 20.0 Å². The standard InChI is InChI=1S/C9H11BrN4O/c1-5-9(10)6(2)14(13-5)4-8-12-11-7(3)15-8/h4H2,1-3H3. The normalized spacial score (nSPS) is 10.9. The van der Waals surface area contributed by atoms with E-state index in [-0.39, 0.29) is 0 Å². The van der Waals surface area contributed by atoms with Crippen LogP contribution in [-0.2, 0) is 6.54 Å². The summed E-state index contributed by atoms with van der Waals surface area (Å²) in [4.78, 5) is 0. The van der Waals surface area contributed by atoms with Gasteiger partial charge in [-0.15, -0.1) is 10.2 Å². The second kappa shape index (κ2) is 3.77. The summed E-state index contributed by atoms with van der Waals surface area (Å²) >= 11 is 3.47. The number of nitrogens with zero attached hydrogens (tertiary/aromatic N) is 4. The van der Waals surface area contributed by atoms with Crippen LogP contribution in [0.1, 0.15) is 23.2 Å². The summed E-state index contributed by atoms with van der Waals surface area (Å²) in [6.45, 7) is 6.23. The van der Waals surface area contributed by atoms with Crippen molar-refractivity contribution in [2.75, 3.05) is 0 Å². The molecule has 2 aromatic rings. The van der Waals surface area contributed by atoms with Gasteiger partial charge in [0.1, 0.15) is 6.54 Å². The second-order valence-electron chi connectivity index (χ2n) is 3.36. The highest BCUT2D eigenvalue weighted by atomic mass is 79.9. The highest BCUT2D eigenvalue weighted by Gasteiger charge is 2.11. The van der Waals surface area contributed by atoms with E-state index < -0.39 is 0 Å². The zero-order valence-electron chi connectivity index (χ0n) is 8.78. The van der Waals surface area contributed by atoms with Crippen molar-refractivity contribution >= 4 is 15.9 Å². The van der Waals surface area contributed by atoms with Gasteiger partial charge in [0.25, 0.3) is 0 Å². The van der Waals surface area contributed by atoms with E-state index >= 15 is 0 Å². The predicted octanol–water partition coefficient (Wildman–Crippen LogP) is 2.00. The van der Waals surface area contributed by atoms with Gasteiger partial charge in [0.2, 0.25) is 11.8 Å². The third kappa shape index (κ3) is 1.94. The Labute approximate surface area is 95.6 Å². The smallest absolute Gasteiger partial charge is 0.237 e. The van der Waals surface area contributed by atoms with Gasteiger partial charge in [0.05, 0.1) is 15.9 Å². The summed E-state index contributed by atoms with van der Waals surface area (Å²) in [5.41, 5.74) is 2.02. The Balaban J connectivity index is 2.28. The molecule has 0 fully saturated rings. The van der Waals surface area contributed by atoms with E-state index in [0.29, 0.717) is 18.3 Å². The topological polar surface area (TPSA) is 56.7 Å². The number of rotatable bonds is 2. The van der Waals surface area contributed by atoms with E-state index in [0.717, 1.165) is 15.9 Å². The molecule has 2 heterocycles. The molecule has 5 nitrogen and oxygen atoms in total. The van der Waals surface area contributed by atoms with E-state index in [1.54, 1.807) is 6.92 Å². The van der Waals surface area contributed by atoms with Gasteiger partial charge < -0.3 is 4.42 Å². The predicted molar refractivity (Wildman–Crippen MR) is 57.5 cm³/mol. The number of aromatic nitrogens is 4. The molecule has 0 saturated carbocycles. The maximum Gasteiger partial charge on any atom is 0.237 e. The molecule has 0 aliphatic heterocycles. The van der Waals surface area contributed by atoms with Crippen molar-refractivity contribution in [3.63, 3.8) is 0 Å². The molecule has 0 amide bonds. The molecule has 0 aliphatic rings. The Morgan fingerprint density at radius 3 is 2.47 bits per heavy atom. The van der Waals surface area contributed by atoms with E-state index in [9.17, 15) is 0 Å². The maximum absolute atomic E-state index is 5.29. The average molecular weight is 271 g/mol. The first-order valence-electron chi connectivity index (χ1n) is 4.56. The van der Waals surface area contributed by atoms with Gasteiger partial charge in [0.15, 0.2) is 0 Å². The highest BCUT2D eigenvalue weighted by Crippen LogP contribution is 2.20. The van der Waals surface area contributed by atoms with Crippen LogP contribution in [0.5, 0.6) is 0 Å². The molecular formula is C9H11BrN4O. The van der Waals surface area contributed by atoms with Crippen molar-refractivity contribution in [2.45, 2.75) is 27.3 Å². The molecule has 2 aromatic heterocycles. The Hall–Kier alpha value is -1.17. The zero-order chi connectivity index (χ0) is 11.0. The number of hydrogen-bond acceptors (Lipinski definition) is 4. The third-order valence-electron chi connectivity index (χ3n) is 2.15. The summed E-state index contributed by atoms with van der Waals surface area (Å²) in [7, 11) is 0.